The van der Waals surface area contributed by atoms with Crippen LogP contribution in [0.3, 0.4) is 0 Å². The molecule has 1 N–H and O–H groups in total. The molecule has 6 nitrogen and oxygen atoms in total. The number of nitrogens with zero attached hydrogens (tertiary/aromatic N) is 2. The molecule has 0 atom stereocenters. The molecule has 0 radical (unpaired) electrons. The van der Waals surface area contributed by atoms with Gasteiger partial charge in [0.05, 0.1) is 31.3 Å². The van der Waals surface area contributed by atoms with Crippen LogP contribution in [-0.4, -0.2) is 34.9 Å². The number of amides is 1. The molecule has 1 amide bonds. The molecule has 0 bridgehead atoms. The fourth-order valence-corrected chi connectivity index (χ4v) is 2.71. The predicted molar refractivity (Wildman–Crippen MR) is 67.3 cm³/mol. The Kier molecular flexibility index (Phi) is 3.44. The summed E-state index contributed by atoms with van der Waals surface area (Å²) < 4.78 is 11.3. The number of nitrogens with one attached hydrogen (secondary N) is 1. The normalized spacial score (nSPS) is 22.5. The third-order valence-electron chi connectivity index (χ3n) is 3.76. The van der Waals surface area contributed by atoms with Crippen LogP contribution in [-0.2, 0) is 14.3 Å². The van der Waals surface area contributed by atoms with Crippen molar-refractivity contribution in [1.29, 1.82) is 0 Å². The maximum absolute atomic E-state index is 12.1. The molecule has 3 rings (SSSR count). The van der Waals surface area contributed by atoms with Gasteiger partial charge in [-0.05, 0) is 12.8 Å². The van der Waals surface area contributed by atoms with E-state index in [1.165, 1.54) is 6.33 Å². The Morgan fingerprint density at radius 1 is 1.21 bits per heavy atom. The lowest BCUT2D eigenvalue weighted by molar-refractivity contribution is -0.182. The summed E-state index contributed by atoms with van der Waals surface area (Å²) >= 11 is 0. The standard InChI is InChI=1S/C13H17N3O3/c17-12(16-11-7-14-9-15-8-11)10-1-3-13(4-2-10)18-5-6-19-13/h7-10H,1-6H2,(H,16,17). The zero-order chi connectivity index (χ0) is 13.1. The van der Waals surface area contributed by atoms with E-state index in [4.69, 9.17) is 9.47 Å². The van der Waals surface area contributed by atoms with Crippen LogP contribution >= 0.6 is 0 Å². The highest BCUT2D eigenvalue weighted by molar-refractivity contribution is 5.92. The molecular formula is C13H17N3O3. The molecule has 6 heteroatoms. The zero-order valence-electron chi connectivity index (χ0n) is 10.7. The SMILES string of the molecule is O=C(Nc1cncnc1)C1CCC2(CC1)OCCO2. The first-order valence-electron chi connectivity index (χ1n) is 6.61. The fourth-order valence-electron chi connectivity index (χ4n) is 2.71. The summed E-state index contributed by atoms with van der Waals surface area (Å²) in [5, 5.41) is 2.85. The maximum atomic E-state index is 12.1. The van der Waals surface area contributed by atoms with Gasteiger partial charge in [-0.15, -0.1) is 0 Å². The third kappa shape index (κ3) is 2.74. The molecule has 1 aliphatic heterocycles. The van der Waals surface area contributed by atoms with Crippen LogP contribution in [0.2, 0.25) is 0 Å². The Labute approximate surface area is 111 Å². The van der Waals surface area contributed by atoms with Gasteiger partial charge in [0.2, 0.25) is 5.91 Å². The Morgan fingerprint density at radius 2 is 1.84 bits per heavy atom. The first-order chi connectivity index (χ1) is 9.27. The molecular weight excluding hydrogens is 246 g/mol. The molecule has 19 heavy (non-hydrogen) atoms. The Morgan fingerprint density at radius 3 is 2.47 bits per heavy atom. The Balaban J connectivity index is 1.55. The van der Waals surface area contributed by atoms with Crippen LogP contribution in [0.15, 0.2) is 18.7 Å². The highest BCUT2D eigenvalue weighted by Crippen LogP contribution is 2.38. The molecule has 1 aliphatic carbocycles. The van der Waals surface area contributed by atoms with Crippen LogP contribution in [0.5, 0.6) is 0 Å². The van der Waals surface area contributed by atoms with E-state index in [1.807, 2.05) is 0 Å². The minimum absolute atomic E-state index is 0.0126. The second kappa shape index (κ2) is 5.22. The van der Waals surface area contributed by atoms with Crippen LogP contribution in [0.4, 0.5) is 5.69 Å². The van der Waals surface area contributed by atoms with Crippen LogP contribution in [0.1, 0.15) is 25.7 Å². The number of hydrogen-bond donors (Lipinski definition) is 1. The summed E-state index contributed by atoms with van der Waals surface area (Å²) in [4.78, 5) is 19.9. The number of ether oxygens (including phenoxy) is 2. The molecule has 0 unspecified atom stereocenters. The van der Waals surface area contributed by atoms with Gasteiger partial charge in [0.15, 0.2) is 5.79 Å². The van der Waals surface area contributed by atoms with Crippen LogP contribution < -0.4 is 5.32 Å². The van der Waals surface area contributed by atoms with Crippen molar-refractivity contribution in [3.63, 3.8) is 0 Å². The summed E-state index contributed by atoms with van der Waals surface area (Å²) in [6.45, 7) is 1.33. The van der Waals surface area contributed by atoms with Crippen molar-refractivity contribution in [2.24, 2.45) is 5.92 Å². The smallest absolute Gasteiger partial charge is 0.227 e. The van der Waals surface area contributed by atoms with Crippen molar-refractivity contribution in [2.75, 3.05) is 18.5 Å². The van der Waals surface area contributed by atoms with Gasteiger partial charge in [0, 0.05) is 18.8 Å². The minimum atomic E-state index is -0.410. The summed E-state index contributed by atoms with van der Waals surface area (Å²) in [5.41, 5.74) is 0.640. The van der Waals surface area contributed by atoms with Gasteiger partial charge >= 0.3 is 0 Å². The van der Waals surface area contributed by atoms with E-state index >= 15 is 0 Å². The quantitative estimate of drug-likeness (QED) is 0.871. The van der Waals surface area contributed by atoms with Crippen molar-refractivity contribution in [2.45, 2.75) is 31.5 Å². The van der Waals surface area contributed by atoms with Crippen molar-refractivity contribution < 1.29 is 14.3 Å². The zero-order valence-corrected chi connectivity index (χ0v) is 10.7. The van der Waals surface area contributed by atoms with E-state index in [0.29, 0.717) is 18.9 Å². The minimum Gasteiger partial charge on any atom is -0.348 e. The molecule has 1 saturated heterocycles. The van der Waals surface area contributed by atoms with Gasteiger partial charge < -0.3 is 14.8 Å². The van der Waals surface area contributed by atoms with E-state index in [9.17, 15) is 4.79 Å². The molecule has 2 fully saturated rings. The van der Waals surface area contributed by atoms with Gasteiger partial charge in [-0.25, -0.2) is 9.97 Å². The van der Waals surface area contributed by atoms with E-state index in [1.54, 1.807) is 12.4 Å². The van der Waals surface area contributed by atoms with Gasteiger partial charge in [-0.3, -0.25) is 4.79 Å². The third-order valence-corrected chi connectivity index (χ3v) is 3.76. The Bertz CT molecular complexity index is 436. The largest absolute Gasteiger partial charge is 0.348 e. The molecule has 1 aromatic rings. The number of anilines is 1. The molecule has 0 aromatic carbocycles. The average molecular weight is 263 g/mol. The fraction of sp³-hybridized carbons (Fsp3) is 0.615. The first-order valence-corrected chi connectivity index (χ1v) is 6.61. The van der Waals surface area contributed by atoms with E-state index < -0.39 is 5.79 Å². The van der Waals surface area contributed by atoms with Crippen molar-refractivity contribution in [3.8, 4) is 0 Å². The summed E-state index contributed by atoms with van der Waals surface area (Å²) in [6.07, 6.45) is 7.79. The number of aromatic nitrogens is 2. The van der Waals surface area contributed by atoms with E-state index in [0.717, 1.165) is 25.7 Å². The second-order valence-corrected chi connectivity index (χ2v) is 5.00. The van der Waals surface area contributed by atoms with Gasteiger partial charge in [-0.1, -0.05) is 0 Å². The lowest BCUT2D eigenvalue weighted by Gasteiger charge is -2.34. The number of rotatable bonds is 2. The molecule has 1 aromatic heterocycles. The van der Waals surface area contributed by atoms with Crippen molar-refractivity contribution in [1.82, 2.24) is 9.97 Å². The summed E-state index contributed by atoms with van der Waals surface area (Å²) in [6, 6.07) is 0. The lowest BCUT2D eigenvalue weighted by Crippen LogP contribution is -2.38. The first kappa shape index (κ1) is 12.5. The topological polar surface area (TPSA) is 73.3 Å². The highest BCUT2D eigenvalue weighted by Gasteiger charge is 2.41. The van der Waals surface area contributed by atoms with Crippen molar-refractivity contribution >= 4 is 11.6 Å². The lowest BCUT2D eigenvalue weighted by atomic mass is 9.84. The van der Waals surface area contributed by atoms with Crippen molar-refractivity contribution in [3.05, 3.63) is 18.7 Å². The number of carbonyl (C=O) groups excluding carboxylic acids is 1. The van der Waals surface area contributed by atoms with Crippen LogP contribution in [0, 0.1) is 5.92 Å². The molecule has 1 saturated carbocycles. The second-order valence-electron chi connectivity index (χ2n) is 5.00. The summed E-state index contributed by atoms with van der Waals surface area (Å²) in [5.74, 6) is -0.367. The maximum Gasteiger partial charge on any atom is 0.227 e. The average Bonchev–Trinajstić information content (AvgIpc) is 2.89. The van der Waals surface area contributed by atoms with E-state index in [2.05, 4.69) is 15.3 Å². The van der Waals surface area contributed by atoms with Crippen LogP contribution in [0.25, 0.3) is 0 Å². The highest BCUT2D eigenvalue weighted by atomic mass is 16.7. The van der Waals surface area contributed by atoms with Gasteiger partial charge in [-0.2, -0.15) is 0 Å². The molecule has 2 aliphatic rings. The summed E-state index contributed by atoms with van der Waals surface area (Å²) in [7, 11) is 0. The molecule has 102 valence electrons. The predicted octanol–water partition coefficient (Wildman–Crippen LogP) is 1.35. The molecule has 2 heterocycles. The van der Waals surface area contributed by atoms with Gasteiger partial charge in [0.25, 0.3) is 0 Å². The monoisotopic (exact) mass is 263 g/mol. The Hall–Kier alpha value is -1.53. The van der Waals surface area contributed by atoms with E-state index in [-0.39, 0.29) is 11.8 Å². The number of carbonyl (C=O) groups is 1. The molecule has 1 spiro atoms. The number of hydrogen-bond acceptors (Lipinski definition) is 5. The van der Waals surface area contributed by atoms with Gasteiger partial charge in [0.1, 0.15) is 6.33 Å².